The normalized spacial score (nSPS) is 10.6. The molecule has 0 amide bonds. The number of imidazole rings is 1. The zero-order valence-electron chi connectivity index (χ0n) is 13.6. The molecule has 0 unspecified atom stereocenters. The van der Waals surface area contributed by atoms with Crippen molar-refractivity contribution in [1.29, 1.82) is 0 Å². The topological polar surface area (TPSA) is 59.3 Å². The van der Waals surface area contributed by atoms with Gasteiger partial charge in [-0.15, -0.1) is 0 Å². The Labute approximate surface area is 141 Å². The Morgan fingerprint density at radius 3 is 2.67 bits per heavy atom. The Balaban J connectivity index is 1.65. The smallest absolute Gasteiger partial charge is 0.124 e. The van der Waals surface area contributed by atoms with Crippen molar-refractivity contribution < 1.29 is 9.84 Å². The summed E-state index contributed by atoms with van der Waals surface area (Å²) in [7, 11) is 0. The summed E-state index contributed by atoms with van der Waals surface area (Å²) in [5.41, 5.74) is 4.01. The van der Waals surface area contributed by atoms with E-state index in [1.54, 1.807) is 12.5 Å². The van der Waals surface area contributed by atoms with Gasteiger partial charge in [0.05, 0.1) is 19.5 Å². The van der Waals surface area contributed by atoms with Crippen LogP contribution in [0.5, 0.6) is 5.75 Å². The van der Waals surface area contributed by atoms with E-state index in [1.807, 2.05) is 35.9 Å². The number of nitrogens with zero attached hydrogens (tertiary/aromatic N) is 2. The molecule has 0 saturated carbocycles. The molecule has 0 atom stereocenters. The molecule has 0 fully saturated rings. The second-order valence-corrected chi connectivity index (χ2v) is 5.40. The molecule has 0 radical (unpaired) electrons. The Kier molecular flexibility index (Phi) is 5.13. The van der Waals surface area contributed by atoms with E-state index in [9.17, 15) is 5.11 Å². The second kappa shape index (κ2) is 7.66. The van der Waals surface area contributed by atoms with Crippen molar-refractivity contribution in [2.45, 2.75) is 20.1 Å². The van der Waals surface area contributed by atoms with Gasteiger partial charge >= 0.3 is 0 Å². The number of anilines is 1. The quantitative estimate of drug-likeness (QED) is 0.700. The van der Waals surface area contributed by atoms with Crippen LogP contribution in [0.1, 0.15) is 18.1 Å². The third kappa shape index (κ3) is 3.75. The standard InChI is InChI=1S/C19H21N3O2/c1-2-24-19-8-5-17(11-16(19)13-23)21-12-15-3-6-18(7-4-15)22-10-9-20-14-22/h3-11,14,21,23H,2,12-13H2,1H3. The van der Waals surface area contributed by atoms with Crippen molar-refractivity contribution in [2.24, 2.45) is 0 Å². The molecule has 3 aromatic rings. The molecule has 1 heterocycles. The van der Waals surface area contributed by atoms with Crippen molar-refractivity contribution in [2.75, 3.05) is 11.9 Å². The van der Waals surface area contributed by atoms with Crippen molar-refractivity contribution in [3.05, 3.63) is 72.3 Å². The molecule has 24 heavy (non-hydrogen) atoms. The summed E-state index contributed by atoms with van der Waals surface area (Å²) in [6, 6.07) is 14.1. The highest BCUT2D eigenvalue weighted by Gasteiger charge is 2.04. The van der Waals surface area contributed by atoms with Gasteiger partial charge in [-0.25, -0.2) is 4.98 Å². The largest absolute Gasteiger partial charge is 0.494 e. The molecule has 0 saturated heterocycles. The molecule has 2 N–H and O–H groups in total. The van der Waals surface area contributed by atoms with E-state index in [1.165, 1.54) is 5.56 Å². The lowest BCUT2D eigenvalue weighted by atomic mass is 10.1. The predicted molar refractivity (Wildman–Crippen MR) is 94.4 cm³/mol. The van der Waals surface area contributed by atoms with Crippen LogP contribution in [0.3, 0.4) is 0 Å². The molecule has 0 spiro atoms. The molecule has 5 heteroatoms. The summed E-state index contributed by atoms with van der Waals surface area (Å²) < 4.78 is 7.47. The Morgan fingerprint density at radius 1 is 1.17 bits per heavy atom. The lowest BCUT2D eigenvalue weighted by Gasteiger charge is -2.12. The lowest BCUT2D eigenvalue weighted by Crippen LogP contribution is -2.02. The van der Waals surface area contributed by atoms with Crippen LogP contribution in [0.4, 0.5) is 5.69 Å². The predicted octanol–water partition coefficient (Wildman–Crippen LogP) is 3.38. The molecule has 0 aliphatic heterocycles. The van der Waals surface area contributed by atoms with Crippen LogP contribution in [0.2, 0.25) is 0 Å². The van der Waals surface area contributed by atoms with E-state index < -0.39 is 0 Å². The van der Waals surface area contributed by atoms with Crippen LogP contribution in [-0.2, 0) is 13.2 Å². The first kappa shape index (κ1) is 16.1. The van der Waals surface area contributed by atoms with Crippen molar-refractivity contribution >= 4 is 5.69 Å². The fourth-order valence-corrected chi connectivity index (χ4v) is 2.51. The lowest BCUT2D eigenvalue weighted by molar-refractivity contribution is 0.267. The maximum absolute atomic E-state index is 9.46. The summed E-state index contributed by atoms with van der Waals surface area (Å²) in [6.07, 6.45) is 5.47. The van der Waals surface area contributed by atoms with E-state index in [-0.39, 0.29) is 6.61 Å². The molecule has 124 valence electrons. The van der Waals surface area contributed by atoms with E-state index in [2.05, 4.69) is 34.6 Å². The number of hydrogen-bond donors (Lipinski definition) is 2. The second-order valence-electron chi connectivity index (χ2n) is 5.40. The van der Waals surface area contributed by atoms with E-state index in [0.717, 1.165) is 22.7 Å². The Morgan fingerprint density at radius 2 is 2.00 bits per heavy atom. The Hall–Kier alpha value is -2.79. The fraction of sp³-hybridized carbons (Fsp3) is 0.211. The first-order chi connectivity index (χ1) is 11.8. The van der Waals surface area contributed by atoms with E-state index in [4.69, 9.17) is 4.74 Å². The molecule has 1 aromatic heterocycles. The van der Waals surface area contributed by atoms with Crippen LogP contribution < -0.4 is 10.1 Å². The van der Waals surface area contributed by atoms with Crippen LogP contribution >= 0.6 is 0 Å². The molecule has 0 aliphatic carbocycles. The number of benzene rings is 2. The number of nitrogens with one attached hydrogen (secondary N) is 1. The monoisotopic (exact) mass is 323 g/mol. The van der Waals surface area contributed by atoms with E-state index in [0.29, 0.717) is 13.2 Å². The first-order valence-electron chi connectivity index (χ1n) is 7.98. The minimum absolute atomic E-state index is 0.0372. The number of aliphatic hydroxyl groups is 1. The average Bonchev–Trinajstić information content (AvgIpc) is 3.16. The van der Waals surface area contributed by atoms with Gasteiger partial charge in [0.1, 0.15) is 5.75 Å². The van der Waals surface area contributed by atoms with Crippen LogP contribution in [0.15, 0.2) is 61.2 Å². The van der Waals surface area contributed by atoms with E-state index >= 15 is 0 Å². The van der Waals surface area contributed by atoms with Gasteiger partial charge in [-0.2, -0.15) is 0 Å². The highest BCUT2D eigenvalue weighted by molar-refractivity contribution is 5.51. The molecule has 5 nitrogen and oxygen atoms in total. The number of ether oxygens (including phenoxy) is 1. The van der Waals surface area contributed by atoms with Crippen LogP contribution in [0, 0.1) is 0 Å². The molecule has 2 aromatic carbocycles. The van der Waals surface area contributed by atoms with Gasteiger partial charge in [0.15, 0.2) is 0 Å². The molecule has 3 rings (SSSR count). The summed E-state index contributed by atoms with van der Waals surface area (Å²) in [6.45, 7) is 3.19. The SMILES string of the molecule is CCOc1ccc(NCc2ccc(-n3ccnc3)cc2)cc1CO. The summed E-state index contributed by atoms with van der Waals surface area (Å²) in [4.78, 5) is 4.05. The molecule has 0 bridgehead atoms. The summed E-state index contributed by atoms with van der Waals surface area (Å²) in [5.74, 6) is 0.732. The van der Waals surface area contributed by atoms with Gasteiger partial charge < -0.3 is 19.7 Å². The Bertz CT molecular complexity index is 768. The molecule has 0 aliphatic rings. The number of aliphatic hydroxyl groups excluding tert-OH is 1. The highest BCUT2D eigenvalue weighted by Crippen LogP contribution is 2.23. The molecular formula is C19H21N3O2. The maximum Gasteiger partial charge on any atom is 0.124 e. The number of hydrogen-bond acceptors (Lipinski definition) is 4. The fourth-order valence-electron chi connectivity index (χ4n) is 2.51. The van der Waals surface area contributed by atoms with Gasteiger partial charge in [-0.05, 0) is 42.8 Å². The molecular weight excluding hydrogens is 302 g/mol. The van der Waals surface area contributed by atoms with Crippen molar-refractivity contribution in [1.82, 2.24) is 9.55 Å². The van der Waals surface area contributed by atoms with Crippen LogP contribution in [0.25, 0.3) is 5.69 Å². The summed E-state index contributed by atoms with van der Waals surface area (Å²) >= 11 is 0. The maximum atomic E-state index is 9.46. The van der Waals surface area contributed by atoms with Crippen LogP contribution in [-0.4, -0.2) is 21.3 Å². The number of aromatic nitrogens is 2. The number of rotatable bonds is 7. The van der Waals surface area contributed by atoms with Crippen molar-refractivity contribution in [3.63, 3.8) is 0 Å². The minimum atomic E-state index is -0.0372. The average molecular weight is 323 g/mol. The van der Waals surface area contributed by atoms with Gasteiger partial charge in [0.2, 0.25) is 0 Å². The van der Waals surface area contributed by atoms with Gasteiger partial charge in [-0.1, -0.05) is 12.1 Å². The minimum Gasteiger partial charge on any atom is -0.494 e. The third-order valence-corrected chi connectivity index (χ3v) is 3.77. The first-order valence-corrected chi connectivity index (χ1v) is 7.98. The zero-order chi connectivity index (χ0) is 16.8. The summed E-state index contributed by atoms with van der Waals surface area (Å²) in [5, 5.41) is 12.8. The van der Waals surface area contributed by atoms with Gasteiger partial charge in [0, 0.05) is 35.9 Å². The van der Waals surface area contributed by atoms with Gasteiger partial charge in [0.25, 0.3) is 0 Å². The van der Waals surface area contributed by atoms with Crippen molar-refractivity contribution in [3.8, 4) is 11.4 Å². The third-order valence-electron chi connectivity index (χ3n) is 3.77. The zero-order valence-corrected chi connectivity index (χ0v) is 13.6. The van der Waals surface area contributed by atoms with Gasteiger partial charge in [-0.3, -0.25) is 0 Å². The highest BCUT2D eigenvalue weighted by atomic mass is 16.5.